The third kappa shape index (κ3) is 7.37. The molecule has 132 valence electrons. The molecule has 0 saturated carbocycles. The molecule has 0 aromatic rings. The number of hydrogen-bond acceptors (Lipinski definition) is 7. The van der Waals surface area contributed by atoms with E-state index in [2.05, 4.69) is 0 Å². The van der Waals surface area contributed by atoms with Gasteiger partial charge in [-0.15, -0.1) is 0 Å². The predicted octanol–water partition coefficient (Wildman–Crippen LogP) is 1.12. The van der Waals surface area contributed by atoms with Crippen molar-refractivity contribution in [1.29, 1.82) is 0 Å². The molecule has 1 heterocycles. The fourth-order valence-corrected chi connectivity index (χ4v) is 2.97. The van der Waals surface area contributed by atoms with Gasteiger partial charge in [0.05, 0.1) is 18.8 Å². The Bertz CT molecular complexity index is 420. The predicted molar refractivity (Wildman–Crippen MR) is 84.9 cm³/mol. The van der Waals surface area contributed by atoms with Crippen molar-refractivity contribution >= 4 is 20.9 Å². The van der Waals surface area contributed by atoms with Crippen molar-refractivity contribution in [1.82, 2.24) is 10.2 Å². The van der Waals surface area contributed by atoms with Crippen LogP contribution in [0.1, 0.15) is 27.2 Å². The lowest BCUT2D eigenvalue weighted by Crippen LogP contribution is -2.32. The van der Waals surface area contributed by atoms with Crippen LogP contribution in [0.5, 0.6) is 0 Å². The van der Waals surface area contributed by atoms with Gasteiger partial charge in [0.25, 0.3) is 5.91 Å². The summed E-state index contributed by atoms with van der Waals surface area (Å²) in [6.45, 7) is 5.92. The summed E-state index contributed by atoms with van der Waals surface area (Å²) in [5, 5.41) is 2.03. The van der Waals surface area contributed by atoms with Crippen LogP contribution in [0.25, 0.3) is 0 Å². The smallest absolute Gasteiger partial charge is 0.330 e. The molecule has 0 aromatic heterocycles. The number of carbonyl (C=O) groups is 2. The van der Waals surface area contributed by atoms with Crippen molar-refractivity contribution in [3.8, 4) is 0 Å². The maximum atomic E-state index is 11.2. The Morgan fingerprint density at radius 2 is 2.26 bits per heavy atom. The van der Waals surface area contributed by atoms with Crippen molar-refractivity contribution < 1.29 is 28.3 Å². The average Bonchev–Trinajstić information content (AvgIpc) is 2.83. The normalized spacial score (nSPS) is 25.7. The molecule has 4 atom stereocenters. The van der Waals surface area contributed by atoms with E-state index in [0.717, 1.165) is 6.42 Å². The number of rotatable bonds is 9. The van der Waals surface area contributed by atoms with Gasteiger partial charge in [0.1, 0.15) is 6.23 Å². The molecule has 0 spiro atoms. The quantitative estimate of drug-likeness (QED) is 0.366. The average molecular weight is 348 g/mol. The molecule has 0 aromatic carbocycles. The second kappa shape index (κ2) is 9.95. The van der Waals surface area contributed by atoms with Gasteiger partial charge in [-0.1, -0.05) is 6.92 Å². The number of imide groups is 1. The lowest BCUT2D eigenvalue weighted by Gasteiger charge is -2.25. The van der Waals surface area contributed by atoms with Gasteiger partial charge in [-0.3, -0.25) is 14.9 Å². The Hall–Kier alpha value is -1.05. The van der Waals surface area contributed by atoms with Crippen molar-refractivity contribution in [3.05, 3.63) is 12.3 Å². The van der Waals surface area contributed by atoms with Crippen molar-refractivity contribution in [2.45, 2.75) is 45.6 Å². The van der Waals surface area contributed by atoms with Crippen LogP contribution in [-0.4, -0.2) is 54.2 Å². The Kier molecular flexibility index (Phi) is 8.65. The summed E-state index contributed by atoms with van der Waals surface area (Å²) in [4.78, 5) is 32.7. The standard InChI is InChI=1S/C14H25N2O6P/c1-10(2)22-23(19)20-8-12-7-11(3)14(21-12)16(4)6-5-13(18)15-9-17/h5-6,9-12,14,19H,7-8H2,1-4H3,(H,15,17,18)/b6-5-/t11-,12-,14+,23?/m0/s1. The third-order valence-electron chi connectivity index (χ3n) is 3.19. The first kappa shape index (κ1) is 20.0. The maximum Gasteiger partial charge on any atom is 0.330 e. The summed E-state index contributed by atoms with van der Waals surface area (Å²) in [7, 11) is -0.106. The Morgan fingerprint density at radius 3 is 2.87 bits per heavy atom. The molecule has 8 nitrogen and oxygen atoms in total. The third-order valence-corrected chi connectivity index (χ3v) is 4.16. The minimum absolute atomic E-state index is 0.101. The Morgan fingerprint density at radius 1 is 1.57 bits per heavy atom. The monoisotopic (exact) mass is 348 g/mol. The molecule has 1 saturated heterocycles. The van der Waals surface area contributed by atoms with Gasteiger partial charge < -0.3 is 23.6 Å². The summed E-state index contributed by atoms with van der Waals surface area (Å²) in [5.74, 6) is -0.266. The molecule has 1 aliphatic heterocycles. The molecule has 2 N–H and O–H groups in total. The number of ether oxygens (including phenoxy) is 1. The van der Waals surface area contributed by atoms with E-state index in [1.54, 1.807) is 18.1 Å². The number of nitrogens with one attached hydrogen (secondary N) is 1. The van der Waals surface area contributed by atoms with E-state index in [9.17, 15) is 14.5 Å². The van der Waals surface area contributed by atoms with Gasteiger partial charge in [-0.25, -0.2) is 0 Å². The molecule has 2 amide bonds. The Labute approximate surface area is 137 Å². The molecule has 1 rings (SSSR count). The van der Waals surface area contributed by atoms with Crippen LogP contribution in [0, 0.1) is 5.92 Å². The first-order valence-electron chi connectivity index (χ1n) is 7.42. The fourth-order valence-electron chi connectivity index (χ4n) is 2.26. The molecule has 0 bridgehead atoms. The molecule has 9 heteroatoms. The molecule has 23 heavy (non-hydrogen) atoms. The van der Waals surface area contributed by atoms with Crippen LogP contribution in [0.15, 0.2) is 12.3 Å². The number of amides is 2. The maximum absolute atomic E-state index is 11.2. The van der Waals surface area contributed by atoms with Gasteiger partial charge >= 0.3 is 8.60 Å². The molecule has 0 aliphatic carbocycles. The van der Waals surface area contributed by atoms with E-state index in [0.29, 0.717) is 6.41 Å². The lowest BCUT2D eigenvalue weighted by atomic mass is 10.1. The van der Waals surface area contributed by atoms with E-state index >= 15 is 0 Å². The topological polar surface area (TPSA) is 97.3 Å². The highest BCUT2D eigenvalue weighted by Crippen LogP contribution is 2.36. The van der Waals surface area contributed by atoms with E-state index < -0.39 is 14.5 Å². The van der Waals surface area contributed by atoms with Crippen LogP contribution in [0.2, 0.25) is 0 Å². The second-order valence-electron chi connectivity index (χ2n) is 5.66. The van der Waals surface area contributed by atoms with E-state index in [4.69, 9.17) is 13.8 Å². The second-order valence-corrected chi connectivity index (χ2v) is 6.60. The molecule has 1 fully saturated rings. The summed E-state index contributed by atoms with van der Waals surface area (Å²) >= 11 is 0. The van der Waals surface area contributed by atoms with Crippen molar-refractivity contribution in [3.63, 3.8) is 0 Å². The van der Waals surface area contributed by atoms with Crippen molar-refractivity contribution in [2.24, 2.45) is 5.92 Å². The van der Waals surface area contributed by atoms with Crippen LogP contribution >= 0.6 is 8.60 Å². The number of nitrogens with zero attached hydrogens (tertiary/aromatic N) is 1. The first-order chi connectivity index (χ1) is 10.8. The first-order valence-corrected chi connectivity index (χ1v) is 8.55. The van der Waals surface area contributed by atoms with Crippen LogP contribution in [0.4, 0.5) is 0 Å². The summed E-state index contributed by atoms with van der Waals surface area (Å²) in [6.07, 6.45) is 3.47. The number of carbonyl (C=O) groups excluding carboxylic acids is 2. The zero-order chi connectivity index (χ0) is 17.4. The zero-order valence-corrected chi connectivity index (χ0v) is 14.7. The molecule has 1 unspecified atom stereocenters. The summed E-state index contributed by atoms with van der Waals surface area (Å²) < 4.78 is 16.3. The highest BCUT2D eigenvalue weighted by molar-refractivity contribution is 7.40. The minimum atomic E-state index is -1.89. The SMILES string of the molecule is CC(C)OP(O)OC[C@@H]1C[C@H](C)[C@H](N(C)/C=C\C(=O)NC=O)O1. The summed E-state index contributed by atoms with van der Waals surface area (Å²) in [6, 6.07) is 0. The highest BCUT2D eigenvalue weighted by Gasteiger charge is 2.34. The largest absolute Gasteiger partial charge is 0.355 e. The van der Waals surface area contributed by atoms with Gasteiger partial charge in [0, 0.05) is 25.2 Å². The Balaban J connectivity index is 2.42. The van der Waals surface area contributed by atoms with Gasteiger partial charge in [-0.05, 0) is 20.3 Å². The highest BCUT2D eigenvalue weighted by atomic mass is 31.2. The molecule has 0 radical (unpaired) electrons. The van der Waals surface area contributed by atoms with Gasteiger partial charge in [0.2, 0.25) is 6.41 Å². The van der Waals surface area contributed by atoms with Crippen LogP contribution in [0.3, 0.4) is 0 Å². The van der Waals surface area contributed by atoms with Crippen LogP contribution < -0.4 is 5.32 Å². The van der Waals surface area contributed by atoms with E-state index in [-0.39, 0.29) is 31.0 Å². The zero-order valence-electron chi connectivity index (χ0n) is 13.8. The van der Waals surface area contributed by atoms with E-state index in [1.807, 2.05) is 26.1 Å². The van der Waals surface area contributed by atoms with Crippen LogP contribution in [-0.2, 0) is 23.4 Å². The lowest BCUT2D eigenvalue weighted by molar-refractivity contribution is -0.121. The fraction of sp³-hybridized carbons (Fsp3) is 0.714. The molecular formula is C14H25N2O6P. The molecular weight excluding hydrogens is 323 g/mol. The van der Waals surface area contributed by atoms with E-state index in [1.165, 1.54) is 6.08 Å². The van der Waals surface area contributed by atoms with Gasteiger partial charge in [0.15, 0.2) is 0 Å². The van der Waals surface area contributed by atoms with Crippen molar-refractivity contribution in [2.75, 3.05) is 13.7 Å². The summed E-state index contributed by atoms with van der Waals surface area (Å²) in [5.41, 5.74) is 0. The van der Waals surface area contributed by atoms with Gasteiger partial charge in [-0.2, -0.15) is 0 Å². The minimum Gasteiger partial charge on any atom is -0.355 e. The number of hydrogen-bond donors (Lipinski definition) is 2. The molecule has 1 aliphatic rings.